The minimum Gasteiger partial charge on any atom is -0.0616 e. The fourth-order valence-electron chi connectivity index (χ4n) is 3.08. The summed E-state index contributed by atoms with van der Waals surface area (Å²) >= 11 is 7.31. The molecule has 0 aliphatic heterocycles. The molecule has 0 saturated carbocycles. The molecule has 0 aliphatic rings. The van der Waals surface area contributed by atoms with Gasteiger partial charge in [-0.15, -0.1) is 0 Å². The molecule has 0 nitrogen and oxygen atoms in total. The van der Waals surface area contributed by atoms with E-state index in [1.807, 2.05) is 0 Å². The predicted molar refractivity (Wildman–Crippen MR) is 99.1 cm³/mol. The first-order valence-electron chi connectivity index (χ1n) is 6.85. The quantitative estimate of drug-likeness (QED) is 0.280. The first kappa shape index (κ1) is 13.3. The number of fused-ring (bicyclic) bond motifs is 5. The Morgan fingerprint density at radius 2 is 1.33 bits per heavy atom. The van der Waals surface area contributed by atoms with Crippen LogP contribution in [-0.2, 0) is 0 Å². The molecule has 0 saturated heterocycles. The van der Waals surface area contributed by atoms with E-state index in [0.29, 0.717) is 0 Å². The molecule has 21 heavy (non-hydrogen) atoms. The Morgan fingerprint density at radius 3 is 2.19 bits per heavy atom. The van der Waals surface area contributed by atoms with Gasteiger partial charge in [0, 0.05) is 8.95 Å². The van der Waals surface area contributed by atoms with Gasteiger partial charge < -0.3 is 0 Å². The van der Waals surface area contributed by atoms with Crippen LogP contribution in [0.2, 0.25) is 0 Å². The highest BCUT2D eigenvalue weighted by Crippen LogP contribution is 2.38. The highest BCUT2D eigenvalue weighted by molar-refractivity contribution is 9.13. The molecule has 0 aliphatic carbocycles. The van der Waals surface area contributed by atoms with Gasteiger partial charge in [-0.05, 0) is 82.7 Å². The molecule has 2 heteroatoms. The lowest BCUT2D eigenvalue weighted by molar-refractivity contribution is 1.47. The molecule has 0 N–H and O–H groups in total. The van der Waals surface area contributed by atoms with E-state index in [2.05, 4.69) is 93.4 Å². The number of rotatable bonds is 0. The summed E-state index contributed by atoms with van der Waals surface area (Å²) in [6, 6.07) is 19.7. The number of benzene rings is 4. The van der Waals surface area contributed by atoms with E-state index in [-0.39, 0.29) is 0 Å². The summed E-state index contributed by atoms with van der Waals surface area (Å²) in [6.45, 7) is 2.16. The van der Waals surface area contributed by atoms with Crippen LogP contribution in [0, 0.1) is 6.92 Å². The summed E-state index contributed by atoms with van der Waals surface area (Å²) in [5.74, 6) is 0. The summed E-state index contributed by atoms with van der Waals surface area (Å²) in [7, 11) is 0. The zero-order valence-corrected chi connectivity index (χ0v) is 14.6. The summed E-state index contributed by atoms with van der Waals surface area (Å²) in [5, 5.41) is 7.82. The molecular weight excluding hydrogens is 388 g/mol. The van der Waals surface area contributed by atoms with Crippen LogP contribution in [0.4, 0.5) is 0 Å². The van der Waals surface area contributed by atoms with E-state index >= 15 is 0 Å². The average molecular weight is 400 g/mol. The van der Waals surface area contributed by atoms with Crippen molar-refractivity contribution in [2.45, 2.75) is 6.92 Å². The number of halogens is 2. The maximum atomic E-state index is 3.66. The van der Waals surface area contributed by atoms with Gasteiger partial charge in [0.2, 0.25) is 0 Å². The fraction of sp³-hybridized carbons (Fsp3) is 0.0526. The van der Waals surface area contributed by atoms with Gasteiger partial charge in [-0.3, -0.25) is 0 Å². The first-order chi connectivity index (χ1) is 10.2. The van der Waals surface area contributed by atoms with Crippen LogP contribution in [-0.4, -0.2) is 0 Å². The van der Waals surface area contributed by atoms with Gasteiger partial charge >= 0.3 is 0 Å². The number of hydrogen-bond donors (Lipinski definition) is 0. The van der Waals surface area contributed by atoms with Gasteiger partial charge in [0.05, 0.1) is 0 Å². The summed E-state index contributed by atoms with van der Waals surface area (Å²) in [6.07, 6.45) is 0. The first-order valence-corrected chi connectivity index (χ1v) is 8.44. The van der Waals surface area contributed by atoms with Gasteiger partial charge in [0.1, 0.15) is 0 Å². The van der Waals surface area contributed by atoms with Crippen LogP contribution >= 0.6 is 31.9 Å². The third-order valence-electron chi connectivity index (χ3n) is 4.18. The van der Waals surface area contributed by atoms with Crippen molar-refractivity contribution in [1.29, 1.82) is 0 Å². The minimum atomic E-state index is 1.10. The van der Waals surface area contributed by atoms with E-state index < -0.39 is 0 Å². The third kappa shape index (κ3) is 1.93. The zero-order valence-electron chi connectivity index (χ0n) is 11.5. The molecule has 0 fully saturated rings. The van der Waals surface area contributed by atoms with Crippen molar-refractivity contribution in [3.8, 4) is 0 Å². The summed E-state index contributed by atoms with van der Waals surface area (Å²) < 4.78 is 2.24. The third-order valence-corrected chi connectivity index (χ3v) is 6.36. The van der Waals surface area contributed by atoms with E-state index in [0.717, 1.165) is 8.95 Å². The SMILES string of the molecule is Cc1c(Br)c(Br)cc2c1ccc1c3ccccc3ccc21. The maximum absolute atomic E-state index is 3.66. The molecule has 4 rings (SSSR count). The smallest absolute Gasteiger partial charge is 0.0353 e. The van der Waals surface area contributed by atoms with Crippen LogP contribution in [0.5, 0.6) is 0 Å². The fourth-order valence-corrected chi connectivity index (χ4v) is 3.94. The second kappa shape index (κ2) is 4.82. The van der Waals surface area contributed by atoms with Crippen molar-refractivity contribution < 1.29 is 0 Å². The highest BCUT2D eigenvalue weighted by atomic mass is 79.9. The highest BCUT2D eigenvalue weighted by Gasteiger charge is 2.10. The Labute approximate surface area is 140 Å². The van der Waals surface area contributed by atoms with Gasteiger partial charge in [0.25, 0.3) is 0 Å². The topological polar surface area (TPSA) is 0 Å². The normalized spacial score (nSPS) is 11.6. The van der Waals surface area contributed by atoms with Crippen LogP contribution in [0.3, 0.4) is 0 Å². The summed E-state index contributed by atoms with van der Waals surface area (Å²) in [5.41, 5.74) is 1.27. The van der Waals surface area contributed by atoms with Crippen molar-refractivity contribution in [1.82, 2.24) is 0 Å². The van der Waals surface area contributed by atoms with E-state index in [1.54, 1.807) is 0 Å². The lowest BCUT2D eigenvalue weighted by Gasteiger charge is -2.11. The standard InChI is InChI=1S/C19H12Br2/c1-11-13-8-9-15-14-5-3-2-4-12(14)6-7-16(15)17(13)10-18(20)19(11)21/h2-10H,1H3. The Morgan fingerprint density at radius 1 is 0.667 bits per heavy atom. The second-order valence-corrected chi connectivity index (χ2v) is 6.99. The largest absolute Gasteiger partial charge is 0.0616 e. The predicted octanol–water partition coefficient (Wildman–Crippen LogP) is 6.98. The zero-order chi connectivity index (χ0) is 14.6. The maximum Gasteiger partial charge on any atom is 0.0353 e. The Bertz CT molecular complexity index is 1020. The van der Waals surface area contributed by atoms with Gasteiger partial charge in [-0.25, -0.2) is 0 Å². The molecule has 0 bridgehead atoms. The summed E-state index contributed by atoms with van der Waals surface area (Å²) in [4.78, 5) is 0. The van der Waals surface area contributed by atoms with E-state index in [9.17, 15) is 0 Å². The van der Waals surface area contributed by atoms with Crippen molar-refractivity contribution in [3.63, 3.8) is 0 Å². The van der Waals surface area contributed by atoms with E-state index in [1.165, 1.54) is 37.9 Å². The Balaban J connectivity index is 2.27. The van der Waals surface area contributed by atoms with Crippen LogP contribution in [0.1, 0.15) is 5.56 Å². The average Bonchev–Trinajstić information content (AvgIpc) is 2.52. The molecule has 0 unspecified atom stereocenters. The molecule has 102 valence electrons. The van der Waals surface area contributed by atoms with E-state index in [4.69, 9.17) is 0 Å². The number of aryl methyl sites for hydroxylation is 1. The lowest BCUT2D eigenvalue weighted by atomic mass is 9.95. The van der Waals surface area contributed by atoms with Crippen LogP contribution < -0.4 is 0 Å². The molecule has 0 spiro atoms. The van der Waals surface area contributed by atoms with Gasteiger partial charge in [-0.2, -0.15) is 0 Å². The Kier molecular flexibility index (Phi) is 3.05. The Hall–Kier alpha value is -1.38. The van der Waals surface area contributed by atoms with Crippen molar-refractivity contribution in [2.24, 2.45) is 0 Å². The monoisotopic (exact) mass is 398 g/mol. The molecule has 4 aromatic rings. The molecule has 4 aromatic carbocycles. The molecule has 0 amide bonds. The molecule has 0 heterocycles. The van der Waals surface area contributed by atoms with Crippen molar-refractivity contribution in [2.75, 3.05) is 0 Å². The van der Waals surface area contributed by atoms with Crippen molar-refractivity contribution >= 4 is 64.2 Å². The molecule has 0 aromatic heterocycles. The molecule has 0 radical (unpaired) electrons. The lowest BCUT2D eigenvalue weighted by Crippen LogP contribution is -1.86. The minimum absolute atomic E-state index is 1.10. The molecule has 0 atom stereocenters. The van der Waals surface area contributed by atoms with Crippen LogP contribution in [0.25, 0.3) is 32.3 Å². The number of hydrogen-bond acceptors (Lipinski definition) is 0. The van der Waals surface area contributed by atoms with Crippen LogP contribution in [0.15, 0.2) is 63.5 Å². The molecular formula is C19H12Br2. The van der Waals surface area contributed by atoms with Gasteiger partial charge in [0.15, 0.2) is 0 Å². The second-order valence-electron chi connectivity index (χ2n) is 5.34. The van der Waals surface area contributed by atoms with Crippen molar-refractivity contribution in [3.05, 3.63) is 69.1 Å². The van der Waals surface area contributed by atoms with Gasteiger partial charge in [-0.1, -0.05) is 48.5 Å².